The molecule has 1 aromatic rings. The number of anilines is 1. The van der Waals surface area contributed by atoms with Crippen molar-refractivity contribution in [3.05, 3.63) is 28.3 Å². The minimum absolute atomic E-state index is 0.0351. The lowest BCUT2D eigenvalue weighted by atomic mass is 10.2. The summed E-state index contributed by atoms with van der Waals surface area (Å²) >= 11 is 3.29. The maximum atomic E-state index is 11.8. The lowest BCUT2D eigenvalue weighted by Crippen LogP contribution is -2.34. The van der Waals surface area contributed by atoms with Gasteiger partial charge in [-0.3, -0.25) is 15.4 Å². The van der Waals surface area contributed by atoms with E-state index in [1.807, 2.05) is 0 Å². The second-order valence-electron chi connectivity index (χ2n) is 3.70. The fourth-order valence-corrected chi connectivity index (χ4v) is 2.34. The van der Waals surface area contributed by atoms with E-state index in [0.29, 0.717) is 0 Å². The van der Waals surface area contributed by atoms with E-state index >= 15 is 0 Å². The fraction of sp³-hybridized carbons (Fsp3) is 0.167. The summed E-state index contributed by atoms with van der Waals surface area (Å²) in [6.45, 7) is 0. The minimum atomic E-state index is -1.53. The summed E-state index contributed by atoms with van der Waals surface area (Å²) < 4.78 is 16.1. The maximum absolute atomic E-state index is 11.8. The number of benzene rings is 1. The standard InChI is InChI=1S/C12H11N3O5S2/c1-3-6-22(19)8-4-5-9(10(7-8)15(17)18)13-11(21)14-12(16)20-2/h1,4-5,7H,6H2,2H3,(H2,13,14,16,21). The van der Waals surface area contributed by atoms with E-state index in [1.165, 1.54) is 12.1 Å². The number of methoxy groups -OCH3 is 1. The van der Waals surface area contributed by atoms with E-state index in [1.54, 1.807) is 0 Å². The number of alkyl carbamates (subject to hydrolysis) is 1. The molecular weight excluding hydrogens is 330 g/mol. The Morgan fingerprint density at radius 3 is 2.82 bits per heavy atom. The Kier molecular flexibility index (Phi) is 6.58. The molecule has 0 heterocycles. The number of nitro groups is 1. The van der Waals surface area contributed by atoms with Crippen LogP contribution in [-0.2, 0) is 15.9 Å². The number of thiocarbonyl (C=S) groups is 1. The predicted octanol–water partition coefficient (Wildman–Crippen LogP) is 1.39. The van der Waals surface area contributed by atoms with Gasteiger partial charge in [-0.2, -0.15) is 0 Å². The Morgan fingerprint density at radius 1 is 1.59 bits per heavy atom. The number of nitrogens with zero attached hydrogens (tertiary/aromatic N) is 1. The average Bonchev–Trinajstić information content (AvgIpc) is 2.47. The largest absolute Gasteiger partial charge is 0.611 e. The van der Waals surface area contributed by atoms with Crippen molar-refractivity contribution in [2.45, 2.75) is 4.90 Å². The summed E-state index contributed by atoms with van der Waals surface area (Å²) in [5, 5.41) is 15.6. The zero-order valence-electron chi connectivity index (χ0n) is 11.3. The first kappa shape index (κ1) is 17.7. The maximum Gasteiger partial charge on any atom is 0.413 e. The van der Waals surface area contributed by atoms with Crippen molar-refractivity contribution in [2.75, 3.05) is 18.2 Å². The van der Waals surface area contributed by atoms with Crippen LogP contribution in [0.5, 0.6) is 0 Å². The molecule has 8 nitrogen and oxygen atoms in total. The SMILES string of the molecule is C#CC[S+]([O-])c1ccc(NC(=S)NC(=O)OC)c([N+](=O)[O-])c1. The first-order chi connectivity index (χ1) is 10.4. The molecule has 1 aromatic carbocycles. The molecule has 0 saturated heterocycles. The second-order valence-corrected chi connectivity index (χ2v) is 5.56. The van der Waals surface area contributed by atoms with Gasteiger partial charge in [0.1, 0.15) is 5.69 Å². The number of hydrogen-bond donors (Lipinski definition) is 2. The van der Waals surface area contributed by atoms with Gasteiger partial charge in [-0.05, 0) is 35.5 Å². The monoisotopic (exact) mass is 341 g/mol. The van der Waals surface area contributed by atoms with Crippen LogP contribution in [0.25, 0.3) is 0 Å². The number of nitro benzene ring substituents is 1. The van der Waals surface area contributed by atoms with Crippen LogP contribution in [0.1, 0.15) is 0 Å². The van der Waals surface area contributed by atoms with E-state index < -0.39 is 22.2 Å². The van der Waals surface area contributed by atoms with Crippen molar-refractivity contribution in [3.63, 3.8) is 0 Å². The zero-order chi connectivity index (χ0) is 16.7. The Bertz CT molecular complexity index is 644. The lowest BCUT2D eigenvalue weighted by Gasteiger charge is -2.11. The quantitative estimate of drug-likeness (QED) is 0.279. The first-order valence-corrected chi connectivity index (χ1v) is 7.38. The molecule has 0 aliphatic heterocycles. The molecule has 1 unspecified atom stereocenters. The van der Waals surface area contributed by atoms with Gasteiger partial charge in [0.05, 0.1) is 18.1 Å². The smallest absolute Gasteiger partial charge is 0.413 e. The van der Waals surface area contributed by atoms with Gasteiger partial charge in [-0.1, -0.05) is 5.92 Å². The van der Waals surface area contributed by atoms with Crippen LogP contribution in [-0.4, -0.2) is 33.5 Å². The molecular formula is C12H11N3O5S2. The average molecular weight is 341 g/mol. The second kappa shape index (κ2) is 8.18. The number of ether oxygens (including phenoxy) is 1. The van der Waals surface area contributed by atoms with Crippen molar-refractivity contribution >= 4 is 46.0 Å². The summed E-state index contributed by atoms with van der Waals surface area (Å²) in [7, 11) is 1.15. The minimum Gasteiger partial charge on any atom is -0.611 e. The van der Waals surface area contributed by atoms with E-state index in [4.69, 9.17) is 18.6 Å². The third-order valence-corrected chi connectivity index (χ3v) is 3.71. The topological polar surface area (TPSA) is 117 Å². The summed E-state index contributed by atoms with van der Waals surface area (Å²) in [4.78, 5) is 21.6. The van der Waals surface area contributed by atoms with Gasteiger partial charge < -0.3 is 14.6 Å². The summed E-state index contributed by atoms with van der Waals surface area (Å²) in [6.07, 6.45) is 4.25. The van der Waals surface area contributed by atoms with Crippen LogP contribution in [0.2, 0.25) is 0 Å². The summed E-state index contributed by atoms with van der Waals surface area (Å²) in [5.74, 6) is 2.17. The first-order valence-electron chi connectivity index (χ1n) is 5.65. The van der Waals surface area contributed by atoms with Gasteiger partial charge in [0, 0.05) is 0 Å². The van der Waals surface area contributed by atoms with Gasteiger partial charge in [0.15, 0.2) is 15.8 Å². The van der Waals surface area contributed by atoms with Crippen LogP contribution in [0.3, 0.4) is 0 Å². The Balaban J connectivity index is 3.01. The number of amides is 1. The molecule has 10 heteroatoms. The number of rotatable bonds is 4. The molecule has 116 valence electrons. The van der Waals surface area contributed by atoms with Crippen LogP contribution in [0, 0.1) is 22.5 Å². The molecule has 1 atom stereocenters. The highest BCUT2D eigenvalue weighted by molar-refractivity contribution is 7.91. The van der Waals surface area contributed by atoms with Crippen LogP contribution >= 0.6 is 12.2 Å². The Labute approximate surface area is 134 Å². The van der Waals surface area contributed by atoms with Crippen molar-refractivity contribution in [2.24, 2.45) is 0 Å². The molecule has 0 aromatic heterocycles. The third-order valence-electron chi connectivity index (χ3n) is 2.29. The van der Waals surface area contributed by atoms with Gasteiger partial charge >= 0.3 is 6.09 Å². The fourth-order valence-electron chi connectivity index (χ4n) is 1.37. The zero-order valence-corrected chi connectivity index (χ0v) is 13.0. The third kappa shape index (κ3) is 4.88. The molecule has 0 bridgehead atoms. The van der Waals surface area contributed by atoms with Crippen LogP contribution in [0.15, 0.2) is 23.1 Å². The lowest BCUT2D eigenvalue weighted by molar-refractivity contribution is -0.384. The normalized spacial score (nSPS) is 11.0. The highest BCUT2D eigenvalue weighted by Gasteiger charge is 2.20. The molecule has 1 rings (SSSR count). The van der Waals surface area contributed by atoms with Crippen molar-refractivity contribution in [1.82, 2.24) is 5.32 Å². The van der Waals surface area contributed by atoms with Crippen molar-refractivity contribution in [1.29, 1.82) is 0 Å². The van der Waals surface area contributed by atoms with E-state index in [2.05, 4.69) is 21.3 Å². The Hall–Kier alpha value is -2.35. The molecule has 0 spiro atoms. The predicted molar refractivity (Wildman–Crippen MR) is 85.0 cm³/mol. The summed E-state index contributed by atoms with van der Waals surface area (Å²) in [6, 6.07) is 3.88. The number of hydrogen-bond acceptors (Lipinski definition) is 6. The highest BCUT2D eigenvalue weighted by Crippen LogP contribution is 2.28. The number of carbonyl (C=O) groups excluding carboxylic acids is 1. The molecule has 0 aliphatic rings. The van der Waals surface area contributed by atoms with Crippen molar-refractivity contribution < 1.29 is 19.0 Å². The molecule has 0 aliphatic carbocycles. The highest BCUT2D eigenvalue weighted by atomic mass is 32.2. The Morgan fingerprint density at radius 2 is 2.27 bits per heavy atom. The molecule has 0 fully saturated rings. The van der Waals surface area contributed by atoms with E-state index in [9.17, 15) is 19.5 Å². The van der Waals surface area contributed by atoms with Crippen molar-refractivity contribution in [3.8, 4) is 12.3 Å². The number of nitrogens with one attached hydrogen (secondary N) is 2. The van der Waals surface area contributed by atoms with E-state index in [-0.39, 0.29) is 27.1 Å². The molecule has 1 amide bonds. The molecule has 2 N–H and O–H groups in total. The van der Waals surface area contributed by atoms with Crippen LogP contribution in [0.4, 0.5) is 16.2 Å². The van der Waals surface area contributed by atoms with E-state index in [0.717, 1.165) is 13.2 Å². The van der Waals surface area contributed by atoms with Gasteiger partial charge in [0.2, 0.25) is 0 Å². The summed E-state index contributed by atoms with van der Waals surface area (Å²) in [5.41, 5.74) is -0.315. The van der Waals surface area contributed by atoms with Gasteiger partial charge in [0.25, 0.3) is 5.69 Å². The van der Waals surface area contributed by atoms with Gasteiger partial charge in [-0.15, -0.1) is 6.42 Å². The molecule has 0 radical (unpaired) electrons. The molecule has 22 heavy (non-hydrogen) atoms. The number of carbonyl (C=O) groups is 1. The van der Waals surface area contributed by atoms with Crippen LogP contribution < -0.4 is 10.6 Å². The van der Waals surface area contributed by atoms with Gasteiger partial charge in [-0.25, -0.2) is 4.79 Å². The molecule has 0 saturated carbocycles. The number of terminal acetylenes is 1.